The average molecular weight is 157 g/mol. The first-order valence-corrected chi connectivity index (χ1v) is 4.27. The first kappa shape index (κ1) is 7.60. The zero-order chi connectivity index (χ0) is 8.55. The first-order valence-electron chi connectivity index (χ1n) is 4.27. The molecule has 0 unspecified atom stereocenters. The topological polar surface area (TPSA) is 17.1 Å². The van der Waals surface area contributed by atoms with Crippen LogP contribution in [-0.2, 0) is 6.42 Å². The smallest absolute Gasteiger partial charge is 0.163 e. The second-order valence-corrected chi connectivity index (χ2v) is 3.13. The quantitative estimate of drug-likeness (QED) is 0.559. The van der Waals surface area contributed by atoms with Crippen LogP contribution in [0.1, 0.15) is 22.3 Å². The summed E-state index contributed by atoms with van der Waals surface area (Å²) in [6, 6.07) is 6.12. The lowest BCUT2D eigenvalue weighted by molar-refractivity contribution is 0.0994. The highest BCUT2D eigenvalue weighted by Crippen LogP contribution is 2.19. The Morgan fingerprint density at radius 3 is 2.92 bits per heavy atom. The van der Waals surface area contributed by atoms with Crippen LogP contribution in [0.5, 0.6) is 0 Å². The van der Waals surface area contributed by atoms with Crippen LogP contribution in [0.3, 0.4) is 0 Å². The summed E-state index contributed by atoms with van der Waals surface area (Å²) in [6.07, 6.45) is 1.63. The van der Waals surface area contributed by atoms with E-state index in [4.69, 9.17) is 0 Å². The highest BCUT2D eigenvalue weighted by atomic mass is 16.1. The fourth-order valence-electron chi connectivity index (χ4n) is 1.63. The Bertz CT molecular complexity index is 331. The van der Waals surface area contributed by atoms with Gasteiger partial charge < -0.3 is 0 Å². The predicted molar refractivity (Wildman–Crippen MR) is 50.3 cm³/mol. The molecule has 1 nitrogen and oxygen atoms in total. The second kappa shape index (κ2) is 2.78. The van der Waals surface area contributed by atoms with Crippen molar-refractivity contribution < 1.29 is 4.79 Å². The van der Waals surface area contributed by atoms with Gasteiger partial charge in [0.1, 0.15) is 7.28 Å². The normalized spacial score (nSPS) is 14.6. The van der Waals surface area contributed by atoms with Gasteiger partial charge in [0.2, 0.25) is 0 Å². The third-order valence-corrected chi connectivity index (χ3v) is 2.39. The Labute approximate surface area is 73.0 Å². The van der Waals surface area contributed by atoms with Crippen LogP contribution in [0.15, 0.2) is 18.2 Å². The molecule has 0 spiro atoms. The van der Waals surface area contributed by atoms with Gasteiger partial charge in [-0.3, -0.25) is 4.79 Å². The molecule has 1 radical (unpaired) electrons. The summed E-state index contributed by atoms with van der Waals surface area (Å²) in [6.45, 7) is 1.99. The maximum Gasteiger partial charge on any atom is 0.163 e. The van der Waals surface area contributed by atoms with Gasteiger partial charge in [0.05, 0.1) is 0 Å². The number of hydrogen-bond acceptors (Lipinski definition) is 1. The first-order chi connectivity index (χ1) is 5.81. The molecule has 12 heavy (non-hydrogen) atoms. The third kappa shape index (κ3) is 1.08. The van der Waals surface area contributed by atoms with Crippen molar-refractivity contribution in [2.24, 2.45) is 0 Å². The largest absolute Gasteiger partial charge is 0.294 e. The number of fused-ring (bicyclic) bond motifs is 1. The minimum atomic E-state index is 0.300. The maximum atomic E-state index is 11.3. The van der Waals surface area contributed by atoms with E-state index in [9.17, 15) is 4.79 Å². The highest BCUT2D eigenvalue weighted by molar-refractivity contribution is 6.52. The summed E-state index contributed by atoms with van der Waals surface area (Å²) in [7, 11) is 2.02. The van der Waals surface area contributed by atoms with Gasteiger partial charge in [0.25, 0.3) is 0 Å². The van der Waals surface area contributed by atoms with E-state index in [0.717, 1.165) is 17.4 Å². The second-order valence-electron chi connectivity index (χ2n) is 3.13. The predicted octanol–water partition coefficient (Wildman–Crippen LogP) is 1.19. The molecule has 1 aromatic carbocycles. The van der Waals surface area contributed by atoms with E-state index in [2.05, 4.69) is 12.1 Å². The zero-order valence-electron chi connectivity index (χ0n) is 7.13. The fourth-order valence-corrected chi connectivity index (χ4v) is 1.63. The Morgan fingerprint density at radius 1 is 1.33 bits per heavy atom. The molecule has 0 aromatic heterocycles. The van der Waals surface area contributed by atoms with E-state index < -0.39 is 0 Å². The molecule has 0 fully saturated rings. The average Bonchev–Trinajstić information content (AvgIpc) is 2.47. The van der Waals surface area contributed by atoms with E-state index in [0.29, 0.717) is 12.2 Å². The van der Waals surface area contributed by atoms with Gasteiger partial charge in [-0.25, -0.2) is 0 Å². The van der Waals surface area contributed by atoms with Crippen molar-refractivity contribution in [3.8, 4) is 0 Å². The van der Waals surface area contributed by atoms with Crippen LogP contribution in [0, 0.1) is 0 Å². The monoisotopic (exact) mass is 157 g/mol. The van der Waals surface area contributed by atoms with Crippen molar-refractivity contribution in [3.05, 3.63) is 29.3 Å². The van der Waals surface area contributed by atoms with Crippen molar-refractivity contribution in [2.45, 2.75) is 19.7 Å². The summed E-state index contributed by atoms with van der Waals surface area (Å²) in [5, 5.41) is 0. The molecular weight excluding hydrogens is 147 g/mol. The minimum absolute atomic E-state index is 0.300. The number of hydrogen-bond donors (Lipinski definition) is 0. The van der Waals surface area contributed by atoms with Crippen molar-refractivity contribution in [3.63, 3.8) is 0 Å². The summed E-state index contributed by atoms with van der Waals surface area (Å²) < 4.78 is 0. The summed E-state index contributed by atoms with van der Waals surface area (Å²) >= 11 is 0. The molecule has 0 saturated carbocycles. The van der Waals surface area contributed by atoms with Crippen molar-refractivity contribution in [1.29, 1.82) is 0 Å². The van der Waals surface area contributed by atoms with Gasteiger partial charge in [-0.1, -0.05) is 30.5 Å². The molecule has 0 atom stereocenters. The van der Waals surface area contributed by atoms with E-state index in [1.807, 2.05) is 20.2 Å². The number of ketones is 1. The molecule has 1 aliphatic carbocycles. The number of benzene rings is 1. The van der Waals surface area contributed by atoms with Crippen LogP contribution in [0.25, 0.3) is 0 Å². The summed E-state index contributed by atoms with van der Waals surface area (Å²) in [4.78, 5) is 11.3. The Hall–Kier alpha value is -1.05. The molecule has 0 aliphatic heterocycles. The number of Topliss-reactive ketones (excluding diaryl/α,β-unsaturated/α-hetero) is 1. The molecule has 0 bridgehead atoms. The number of carbonyl (C=O) groups excluding carboxylic acids is 1. The van der Waals surface area contributed by atoms with E-state index in [1.54, 1.807) is 0 Å². The minimum Gasteiger partial charge on any atom is -0.294 e. The lowest BCUT2D eigenvalue weighted by atomic mass is 9.72. The van der Waals surface area contributed by atoms with Gasteiger partial charge in [-0.15, -0.1) is 0 Å². The van der Waals surface area contributed by atoms with Gasteiger partial charge in [-0.05, 0) is 12.0 Å². The van der Waals surface area contributed by atoms with Gasteiger partial charge in [0, 0.05) is 12.0 Å². The fraction of sp³-hybridized carbons (Fsp3) is 0.300. The van der Waals surface area contributed by atoms with E-state index in [-0.39, 0.29) is 0 Å². The van der Waals surface area contributed by atoms with Crippen LogP contribution < -0.4 is 5.46 Å². The van der Waals surface area contributed by atoms with Gasteiger partial charge in [0.15, 0.2) is 5.78 Å². The van der Waals surface area contributed by atoms with E-state index >= 15 is 0 Å². The summed E-state index contributed by atoms with van der Waals surface area (Å²) in [5.41, 5.74) is 3.29. The van der Waals surface area contributed by atoms with Crippen molar-refractivity contribution in [2.75, 3.05) is 0 Å². The third-order valence-electron chi connectivity index (χ3n) is 2.39. The standard InChI is InChI=1S/C10H10BO/c1-11-8-4-2-7-3-5-10(12)9(7)6-8/h2,4,6H,3,5H2,1H3. The number of aryl methyl sites for hydroxylation is 1. The SMILES string of the molecule is C[B]c1ccc2c(c1)C(=O)CC2. The number of rotatable bonds is 1. The van der Waals surface area contributed by atoms with Crippen LogP contribution >= 0.6 is 0 Å². The molecule has 0 N–H and O–H groups in total. The van der Waals surface area contributed by atoms with Gasteiger partial charge in [-0.2, -0.15) is 0 Å². The van der Waals surface area contributed by atoms with Crippen LogP contribution in [0.4, 0.5) is 0 Å². The van der Waals surface area contributed by atoms with Crippen LogP contribution in [-0.4, -0.2) is 13.1 Å². The van der Waals surface area contributed by atoms with Crippen LogP contribution in [0.2, 0.25) is 6.82 Å². The maximum absolute atomic E-state index is 11.3. The van der Waals surface area contributed by atoms with E-state index in [1.165, 1.54) is 5.56 Å². The zero-order valence-corrected chi connectivity index (χ0v) is 7.13. The van der Waals surface area contributed by atoms with Gasteiger partial charge >= 0.3 is 0 Å². The molecule has 59 valence electrons. The molecule has 2 heteroatoms. The molecule has 0 heterocycles. The Balaban J connectivity index is 2.50. The molecule has 0 amide bonds. The lowest BCUT2D eigenvalue weighted by Crippen LogP contribution is -2.11. The highest BCUT2D eigenvalue weighted by Gasteiger charge is 2.18. The van der Waals surface area contributed by atoms with Crippen molar-refractivity contribution >= 4 is 18.5 Å². The number of carbonyl (C=O) groups is 1. The Morgan fingerprint density at radius 2 is 2.17 bits per heavy atom. The summed E-state index contributed by atoms with van der Waals surface area (Å²) in [5.74, 6) is 0.300. The van der Waals surface area contributed by atoms with Crippen molar-refractivity contribution in [1.82, 2.24) is 0 Å². The lowest BCUT2D eigenvalue weighted by Gasteiger charge is -1.99. The molecular formula is C10H10BO. The molecule has 1 aromatic rings. The molecule has 0 saturated heterocycles. The molecule has 1 aliphatic rings. The Kier molecular flexibility index (Phi) is 1.76. The molecule has 2 rings (SSSR count).